The first-order chi connectivity index (χ1) is 12.5. The standard InChI is InChI=1S/C19H15BrClNO4/c1-3-25-17-14(21)8-11(10-16(17)24-2)9-15-19(23)26-18(22-15)12-4-6-13(20)7-5-12/h4-10H,3H2,1-2H3. The van der Waals surface area contributed by atoms with Crippen molar-refractivity contribution >= 4 is 45.5 Å². The molecule has 0 fully saturated rings. The van der Waals surface area contributed by atoms with E-state index in [2.05, 4.69) is 20.9 Å². The van der Waals surface area contributed by atoms with Gasteiger partial charge in [-0.15, -0.1) is 0 Å². The van der Waals surface area contributed by atoms with Crippen LogP contribution >= 0.6 is 27.5 Å². The lowest BCUT2D eigenvalue weighted by Gasteiger charge is -2.11. The minimum atomic E-state index is -0.521. The molecule has 0 aromatic heterocycles. The Morgan fingerprint density at radius 3 is 2.65 bits per heavy atom. The normalized spacial score (nSPS) is 15.0. The summed E-state index contributed by atoms with van der Waals surface area (Å²) in [7, 11) is 1.53. The van der Waals surface area contributed by atoms with Gasteiger partial charge in [0.25, 0.3) is 0 Å². The molecule has 7 heteroatoms. The maximum absolute atomic E-state index is 12.1. The summed E-state index contributed by atoms with van der Waals surface area (Å²) >= 11 is 9.63. The number of nitrogens with zero attached hydrogens (tertiary/aromatic N) is 1. The molecule has 1 heterocycles. The SMILES string of the molecule is CCOc1c(Cl)cc(C=C2N=C(c3ccc(Br)cc3)OC2=O)cc1OC. The van der Waals surface area contributed by atoms with Crippen molar-refractivity contribution in [1.82, 2.24) is 0 Å². The Kier molecular flexibility index (Phi) is 5.64. The van der Waals surface area contributed by atoms with E-state index >= 15 is 0 Å². The van der Waals surface area contributed by atoms with Crippen molar-refractivity contribution < 1.29 is 19.0 Å². The van der Waals surface area contributed by atoms with Gasteiger partial charge in [0.2, 0.25) is 5.90 Å². The topological polar surface area (TPSA) is 57.1 Å². The molecule has 5 nitrogen and oxygen atoms in total. The summed E-state index contributed by atoms with van der Waals surface area (Å²) in [4.78, 5) is 16.4. The molecule has 2 aromatic carbocycles. The Bertz CT molecular complexity index is 907. The number of hydrogen-bond donors (Lipinski definition) is 0. The molecule has 3 rings (SSSR count). The van der Waals surface area contributed by atoms with E-state index < -0.39 is 5.97 Å². The Morgan fingerprint density at radius 2 is 2.00 bits per heavy atom. The lowest BCUT2D eigenvalue weighted by Crippen LogP contribution is -2.05. The molecule has 0 spiro atoms. The fourth-order valence-electron chi connectivity index (χ4n) is 2.39. The number of cyclic esters (lactones) is 1. The predicted molar refractivity (Wildman–Crippen MR) is 104 cm³/mol. The number of methoxy groups -OCH3 is 1. The van der Waals surface area contributed by atoms with Crippen LogP contribution in [0.3, 0.4) is 0 Å². The first-order valence-electron chi connectivity index (χ1n) is 7.80. The first-order valence-corrected chi connectivity index (χ1v) is 8.97. The van der Waals surface area contributed by atoms with Gasteiger partial charge in [-0.05, 0) is 55.0 Å². The van der Waals surface area contributed by atoms with Gasteiger partial charge in [-0.1, -0.05) is 27.5 Å². The zero-order chi connectivity index (χ0) is 18.7. The van der Waals surface area contributed by atoms with Crippen molar-refractivity contribution in [1.29, 1.82) is 0 Å². The molecule has 0 amide bonds. The molecule has 2 aromatic rings. The summed E-state index contributed by atoms with van der Waals surface area (Å²) < 4.78 is 17.0. The molecule has 0 radical (unpaired) electrons. The number of aliphatic imine (C=N–C) groups is 1. The Labute approximate surface area is 164 Å². The van der Waals surface area contributed by atoms with Crippen molar-refractivity contribution in [3.8, 4) is 11.5 Å². The summed E-state index contributed by atoms with van der Waals surface area (Å²) in [5, 5.41) is 0.390. The Balaban J connectivity index is 1.95. The number of benzene rings is 2. The van der Waals surface area contributed by atoms with Crippen molar-refractivity contribution in [2.75, 3.05) is 13.7 Å². The number of halogens is 2. The van der Waals surface area contributed by atoms with E-state index in [-0.39, 0.29) is 11.6 Å². The molecule has 134 valence electrons. The van der Waals surface area contributed by atoms with E-state index in [0.717, 1.165) is 4.47 Å². The minimum Gasteiger partial charge on any atom is -0.493 e. The van der Waals surface area contributed by atoms with E-state index in [1.165, 1.54) is 7.11 Å². The van der Waals surface area contributed by atoms with E-state index in [9.17, 15) is 4.79 Å². The number of rotatable bonds is 5. The van der Waals surface area contributed by atoms with Crippen LogP contribution in [0.1, 0.15) is 18.1 Å². The van der Waals surface area contributed by atoms with Gasteiger partial charge in [0.05, 0.1) is 18.7 Å². The second kappa shape index (κ2) is 7.93. The average molecular weight is 437 g/mol. The zero-order valence-electron chi connectivity index (χ0n) is 14.1. The quantitative estimate of drug-likeness (QED) is 0.496. The molecule has 0 aliphatic carbocycles. The molecule has 0 atom stereocenters. The van der Waals surface area contributed by atoms with Crippen LogP contribution in [-0.4, -0.2) is 25.6 Å². The number of ether oxygens (including phenoxy) is 3. The number of hydrogen-bond acceptors (Lipinski definition) is 5. The van der Waals surface area contributed by atoms with Crippen molar-refractivity contribution in [2.45, 2.75) is 6.92 Å². The lowest BCUT2D eigenvalue weighted by molar-refractivity contribution is -0.129. The fraction of sp³-hybridized carbons (Fsp3) is 0.158. The van der Waals surface area contributed by atoms with E-state index in [1.807, 2.05) is 31.2 Å². The van der Waals surface area contributed by atoms with E-state index in [0.29, 0.717) is 34.3 Å². The third kappa shape index (κ3) is 3.92. The number of esters is 1. The molecule has 0 unspecified atom stereocenters. The second-order valence-corrected chi connectivity index (χ2v) is 6.63. The Hall–Kier alpha value is -2.31. The fourth-order valence-corrected chi connectivity index (χ4v) is 2.93. The molecular weight excluding hydrogens is 422 g/mol. The lowest BCUT2D eigenvalue weighted by atomic mass is 10.1. The van der Waals surface area contributed by atoms with Gasteiger partial charge in [-0.25, -0.2) is 9.79 Å². The maximum atomic E-state index is 12.1. The third-order valence-electron chi connectivity index (χ3n) is 3.56. The second-order valence-electron chi connectivity index (χ2n) is 5.31. The highest BCUT2D eigenvalue weighted by molar-refractivity contribution is 9.10. The number of carbonyl (C=O) groups excluding carboxylic acids is 1. The first kappa shape index (κ1) is 18.5. The van der Waals surface area contributed by atoms with Crippen LogP contribution in [0.4, 0.5) is 0 Å². The van der Waals surface area contributed by atoms with Crippen molar-refractivity contribution in [2.24, 2.45) is 4.99 Å². The third-order valence-corrected chi connectivity index (χ3v) is 4.36. The molecule has 0 saturated heterocycles. The highest BCUT2D eigenvalue weighted by Gasteiger charge is 2.24. The smallest absolute Gasteiger partial charge is 0.363 e. The summed E-state index contributed by atoms with van der Waals surface area (Å²) in [5.74, 6) is 0.686. The molecule has 1 aliphatic rings. The molecule has 0 saturated carbocycles. The van der Waals surface area contributed by atoms with Gasteiger partial charge >= 0.3 is 5.97 Å². The molecule has 26 heavy (non-hydrogen) atoms. The summed E-state index contributed by atoms with van der Waals surface area (Å²) in [5.41, 5.74) is 1.56. The molecular formula is C19H15BrClNO4. The van der Waals surface area contributed by atoms with Crippen LogP contribution in [0.2, 0.25) is 5.02 Å². The van der Waals surface area contributed by atoms with Gasteiger partial charge in [-0.2, -0.15) is 0 Å². The molecule has 0 bridgehead atoms. The van der Waals surface area contributed by atoms with E-state index in [4.69, 9.17) is 25.8 Å². The van der Waals surface area contributed by atoms with Crippen LogP contribution in [0.25, 0.3) is 6.08 Å². The largest absolute Gasteiger partial charge is 0.493 e. The van der Waals surface area contributed by atoms with Crippen molar-refractivity contribution in [3.05, 3.63) is 62.7 Å². The minimum absolute atomic E-state index is 0.185. The number of carbonyl (C=O) groups is 1. The summed E-state index contributed by atoms with van der Waals surface area (Å²) in [6.07, 6.45) is 1.60. The highest BCUT2D eigenvalue weighted by Crippen LogP contribution is 2.37. The van der Waals surface area contributed by atoms with Crippen molar-refractivity contribution in [3.63, 3.8) is 0 Å². The van der Waals surface area contributed by atoms with Gasteiger partial charge in [0.15, 0.2) is 17.2 Å². The van der Waals surface area contributed by atoms with Crippen LogP contribution < -0.4 is 9.47 Å². The van der Waals surface area contributed by atoms with E-state index in [1.54, 1.807) is 18.2 Å². The van der Waals surface area contributed by atoms with Gasteiger partial charge < -0.3 is 14.2 Å². The van der Waals surface area contributed by atoms with Crippen LogP contribution in [0.15, 0.2) is 51.6 Å². The van der Waals surface area contributed by atoms with Crippen LogP contribution in [0.5, 0.6) is 11.5 Å². The zero-order valence-corrected chi connectivity index (χ0v) is 16.4. The maximum Gasteiger partial charge on any atom is 0.363 e. The monoisotopic (exact) mass is 435 g/mol. The van der Waals surface area contributed by atoms with Gasteiger partial charge in [0.1, 0.15) is 0 Å². The van der Waals surface area contributed by atoms with Crippen LogP contribution in [0, 0.1) is 0 Å². The van der Waals surface area contributed by atoms with Gasteiger partial charge in [-0.3, -0.25) is 0 Å². The van der Waals surface area contributed by atoms with Crippen LogP contribution in [-0.2, 0) is 9.53 Å². The highest BCUT2D eigenvalue weighted by atomic mass is 79.9. The van der Waals surface area contributed by atoms with Gasteiger partial charge in [0, 0.05) is 10.0 Å². The average Bonchev–Trinajstić information content (AvgIpc) is 2.98. The molecule has 1 aliphatic heterocycles. The molecule has 0 N–H and O–H groups in total. The Morgan fingerprint density at radius 1 is 1.27 bits per heavy atom. The summed E-state index contributed by atoms with van der Waals surface area (Å²) in [6.45, 7) is 2.32. The summed E-state index contributed by atoms with van der Waals surface area (Å²) in [6, 6.07) is 10.7. The predicted octanol–water partition coefficient (Wildman–Crippen LogP) is 4.85.